The van der Waals surface area contributed by atoms with Crippen molar-refractivity contribution >= 4 is 11.6 Å². The SMILES string of the molecule is COCCn1cc(NC(=O)CC2(N)CCC2)cn1. The summed E-state index contributed by atoms with van der Waals surface area (Å²) in [5.41, 5.74) is 6.46. The third-order valence-corrected chi connectivity index (χ3v) is 3.30. The van der Waals surface area contributed by atoms with Crippen molar-refractivity contribution in [2.45, 2.75) is 37.8 Å². The molecule has 0 spiro atoms. The molecule has 1 heterocycles. The molecule has 100 valence electrons. The van der Waals surface area contributed by atoms with Gasteiger partial charge >= 0.3 is 0 Å². The number of amides is 1. The Labute approximate surface area is 106 Å². The number of rotatable bonds is 6. The lowest BCUT2D eigenvalue weighted by molar-refractivity contribution is -0.118. The number of nitrogens with two attached hydrogens (primary N) is 1. The second-order valence-electron chi connectivity index (χ2n) is 4.93. The average Bonchev–Trinajstić information content (AvgIpc) is 2.71. The van der Waals surface area contributed by atoms with Gasteiger partial charge in [-0.2, -0.15) is 5.10 Å². The minimum Gasteiger partial charge on any atom is -0.383 e. The Balaban J connectivity index is 1.81. The van der Waals surface area contributed by atoms with Crippen LogP contribution in [0.4, 0.5) is 5.69 Å². The maximum absolute atomic E-state index is 11.8. The lowest BCUT2D eigenvalue weighted by atomic mass is 9.75. The van der Waals surface area contributed by atoms with Gasteiger partial charge in [-0.15, -0.1) is 0 Å². The molecule has 1 aromatic heterocycles. The van der Waals surface area contributed by atoms with Gasteiger partial charge in [-0.1, -0.05) is 0 Å². The number of methoxy groups -OCH3 is 1. The van der Waals surface area contributed by atoms with Crippen LogP contribution in [0.3, 0.4) is 0 Å². The summed E-state index contributed by atoms with van der Waals surface area (Å²) in [7, 11) is 1.64. The fraction of sp³-hybridized carbons (Fsp3) is 0.667. The highest BCUT2D eigenvalue weighted by molar-refractivity contribution is 5.91. The Morgan fingerprint density at radius 3 is 3.06 bits per heavy atom. The van der Waals surface area contributed by atoms with Crippen molar-refractivity contribution < 1.29 is 9.53 Å². The molecule has 6 nitrogen and oxygen atoms in total. The summed E-state index contributed by atoms with van der Waals surface area (Å²) in [6.07, 6.45) is 6.81. The normalized spacial score (nSPS) is 17.2. The summed E-state index contributed by atoms with van der Waals surface area (Å²) in [6, 6.07) is 0. The second kappa shape index (κ2) is 5.49. The smallest absolute Gasteiger partial charge is 0.226 e. The molecule has 1 fully saturated rings. The number of aromatic nitrogens is 2. The maximum Gasteiger partial charge on any atom is 0.226 e. The molecular weight excluding hydrogens is 232 g/mol. The van der Waals surface area contributed by atoms with Gasteiger partial charge in [0, 0.05) is 25.3 Å². The van der Waals surface area contributed by atoms with Crippen LogP contribution in [-0.4, -0.2) is 34.9 Å². The lowest BCUT2D eigenvalue weighted by Crippen LogP contribution is -2.48. The van der Waals surface area contributed by atoms with E-state index in [0.29, 0.717) is 25.3 Å². The van der Waals surface area contributed by atoms with Gasteiger partial charge in [0.15, 0.2) is 0 Å². The molecule has 0 atom stereocenters. The highest BCUT2D eigenvalue weighted by Crippen LogP contribution is 2.32. The van der Waals surface area contributed by atoms with E-state index in [4.69, 9.17) is 10.5 Å². The van der Waals surface area contributed by atoms with Crippen molar-refractivity contribution in [3.8, 4) is 0 Å². The molecule has 1 saturated carbocycles. The molecule has 18 heavy (non-hydrogen) atoms. The van der Waals surface area contributed by atoms with Crippen LogP contribution < -0.4 is 11.1 Å². The van der Waals surface area contributed by atoms with E-state index in [-0.39, 0.29) is 11.4 Å². The number of carbonyl (C=O) groups is 1. The number of nitrogens with one attached hydrogen (secondary N) is 1. The molecule has 1 aliphatic carbocycles. The van der Waals surface area contributed by atoms with Crippen LogP contribution in [0.2, 0.25) is 0 Å². The quantitative estimate of drug-likeness (QED) is 0.782. The number of hydrogen-bond donors (Lipinski definition) is 2. The summed E-state index contributed by atoms with van der Waals surface area (Å²) in [6.45, 7) is 1.27. The number of carbonyl (C=O) groups excluding carboxylic acids is 1. The van der Waals surface area contributed by atoms with E-state index >= 15 is 0 Å². The van der Waals surface area contributed by atoms with Gasteiger partial charge in [0.05, 0.1) is 25.0 Å². The van der Waals surface area contributed by atoms with E-state index in [1.807, 2.05) is 0 Å². The van der Waals surface area contributed by atoms with E-state index < -0.39 is 0 Å². The van der Waals surface area contributed by atoms with Gasteiger partial charge in [-0.25, -0.2) is 0 Å². The fourth-order valence-corrected chi connectivity index (χ4v) is 2.07. The molecule has 1 amide bonds. The molecule has 2 rings (SSSR count). The van der Waals surface area contributed by atoms with E-state index in [9.17, 15) is 4.79 Å². The lowest BCUT2D eigenvalue weighted by Gasteiger charge is -2.37. The third kappa shape index (κ3) is 3.30. The van der Waals surface area contributed by atoms with Crippen LogP contribution in [0, 0.1) is 0 Å². The van der Waals surface area contributed by atoms with Crippen molar-refractivity contribution in [3.05, 3.63) is 12.4 Å². The zero-order valence-electron chi connectivity index (χ0n) is 10.7. The molecule has 0 bridgehead atoms. The zero-order valence-corrected chi connectivity index (χ0v) is 10.7. The van der Waals surface area contributed by atoms with Crippen LogP contribution in [0.15, 0.2) is 12.4 Å². The first-order valence-electron chi connectivity index (χ1n) is 6.21. The molecule has 0 unspecified atom stereocenters. The van der Waals surface area contributed by atoms with E-state index in [0.717, 1.165) is 19.3 Å². The molecule has 0 aliphatic heterocycles. The number of nitrogens with zero attached hydrogens (tertiary/aromatic N) is 2. The molecule has 0 aromatic carbocycles. The summed E-state index contributed by atoms with van der Waals surface area (Å²) >= 11 is 0. The van der Waals surface area contributed by atoms with Gasteiger partial charge in [-0.05, 0) is 19.3 Å². The highest BCUT2D eigenvalue weighted by Gasteiger charge is 2.34. The predicted molar refractivity (Wildman–Crippen MR) is 68.1 cm³/mol. The van der Waals surface area contributed by atoms with Crippen LogP contribution in [0.25, 0.3) is 0 Å². The van der Waals surface area contributed by atoms with Gasteiger partial charge < -0.3 is 15.8 Å². The summed E-state index contributed by atoms with van der Waals surface area (Å²) < 4.78 is 6.70. The first-order valence-corrected chi connectivity index (χ1v) is 6.21. The van der Waals surface area contributed by atoms with Crippen LogP contribution in [-0.2, 0) is 16.1 Å². The van der Waals surface area contributed by atoms with Crippen LogP contribution in [0.1, 0.15) is 25.7 Å². The maximum atomic E-state index is 11.8. The molecule has 6 heteroatoms. The van der Waals surface area contributed by atoms with Gasteiger partial charge in [0.1, 0.15) is 0 Å². The Bertz CT molecular complexity index is 412. The number of ether oxygens (including phenoxy) is 1. The molecule has 1 aromatic rings. The van der Waals surface area contributed by atoms with Crippen LogP contribution >= 0.6 is 0 Å². The molecule has 0 saturated heterocycles. The van der Waals surface area contributed by atoms with Crippen molar-refractivity contribution in [1.29, 1.82) is 0 Å². The first-order chi connectivity index (χ1) is 8.61. The van der Waals surface area contributed by atoms with Gasteiger partial charge in [-0.3, -0.25) is 9.48 Å². The van der Waals surface area contributed by atoms with E-state index in [1.165, 1.54) is 0 Å². The van der Waals surface area contributed by atoms with Gasteiger partial charge in [0.2, 0.25) is 5.91 Å². The molecule has 0 radical (unpaired) electrons. The van der Waals surface area contributed by atoms with Crippen LogP contribution in [0.5, 0.6) is 0 Å². The highest BCUT2D eigenvalue weighted by atomic mass is 16.5. The zero-order chi connectivity index (χ0) is 13.0. The number of hydrogen-bond acceptors (Lipinski definition) is 4. The van der Waals surface area contributed by atoms with Crippen molar-refractivity contribution in [3.63, 3.8) is 0 Å². The first kappa shape index (κ1) is 13.0. The standard InChI is InChI=1S/C12H20N4O2/c1-18-6-5-16-9-10(8-14-16)15-11(17)7-12(13)3-2-4-12/h8-9H,2-7,13H2,1H3,(H,15,17). The van der Waals surface area contributed by atoms with Crippen molar-refractivity contribution in [2.75, 3.05) is 19.0 Å². The Morgan fingerprint density at radius 2 is 2.44 bits per heavy atom. The summed E-state index contributed by atoms with van der Waals surface area (Å²) in [4.78, 5) is 11.8. The molecule has 3 N–H and O–H groups in total. The summed E-state index contributed by atoms with van der Waals surface area (Å²) in [5.74, 6) is -0.0384. The van der Waals surface area contributed by atoms with Crippen molar-refractivity contribution in [1.82, 2.24) is 9.78 Å². The molecule has 1 aliphatic rings. The summed E-state index contributed by atoms with van der Waals surface area (Å²) in [5, 5.41) is 6.95. The van der Waals surface area contributed by atoms with E-state index in [2.05, 4.69) is 10.4 Å². The fourth-order valence-electron chi connectivity index (χ4n) is 2.07. The van der Waals surface area contributed by atoms with Crippen molar-refractivity contribution in [2.24, 2.45) is 5.73 Å². The Morgan fingerprint density at radius 1 is 1.67 bits per heavy atom. The minimum absolute atomic E-state index is 0.0384. The second-order valence-corrected chi connectivity index (χ2v) is 4.93. The number of anilines is 1. The van der Waals surface area contributed by atoms with Gasteiger partial charge in [0.25, 0.3) is 0 Å². The average molecular weight is 252 g/mol. The predicted octanol–water partition coefficient (Wildman–Crippen LogP) is 0.739. The van der Waals surface area contributed by atoms with E-state index in [1.54, 1.807) is 24.2 Å². The monoisotopic (exact) mass is 252 g/mol. The Hall–Kier alpha value is -1.40. The molecular formula is C12H20N4O2. The Kier molecular flexibility index (Phi) is 3.98. The third-order valence-electron chi connectivity index (χ3n) is 3.30. The minimum atomic E-state index is -0.282. The largest absolute Gasteiger partial charge is 0.383 e. The topological polar surface area (TPSA) is 82.2 Å².